The van der Waals surface area contributed by atoms with Gasteiger partial charge in [-0.2, -0.15) is 0 Å². The van der Waals surface area contributed by atoms with E-state index in [0.717, 1.165) is 25.7 Å². The molecule has 0 rings (SSSR count). The Labute approximate surface area is 201 Å². The topological polar surface area (TPSA) is 108 Å². The molecule has 0 saturated heterocycles. The second-order valence-corrected chi connectivity index (χ2v) is 10.7. The van der Waals surface area contributed by atoms with Crippen LogP contribution in [0.4, 0.5) is 0 Å². The maximum Gasteiger partial charge on any atom is 0.268 e. The van der Waals surface area contributed by atoms with Crippen molar-refractivity contribution >= 4 is 13.7 Å². The van der Waals surface area contributed by atoms with Crippen LogP contribution in [0.5, 0.6) is 0 Å². The Kier molecular flexibility index (Phi) is 17.8. The van der Waals surface area contributed by atoms with Crippen LogP contribution in [0, 0.1) is 0 Å². The summed E-state index contributed by atoms with van der Waals surface area (Å²) in [6.45, 7) is 4.24. The number of carbonyl (C=O) groups is 1. The van der Waals surface area contributed by atoms with Gasteiger partial charge in [-0.3, -0.25) is 9.36 Å². The van der Waals surface area contributed by atoms with Crippen molar-refractivity contribution in [1.29, 1.82) is 0 Å². The number of aliphatic hydroxyl groups excluding tert-OH is 1. The molecular weight excluding hydrogens is 443 g/mol. The SMILES string of the molecule is CCCCC/C=C/CC/C=C/C(O)C(COP(=O)([O-])OCC[N+](C)(C)C)NC(=O)CCCC. The smallest absolute Gasteiger partial charge is 0.268 e. The number of hydrogen-bond acceptors (Lipinski definition) is 6. The Morgan fingerprint density at radius 3 is 2.30 bits per heavy atom. The molecule has 0 aliphatic carbocycles. The van der Waals surface area contributed by atoms with E-state index in [9.17, 15) is 19.4 Å². The average molecular weight is 491 g/mol. The van der Waals surface area contributed by atoms with Crippen LogP contribution in [0.1, 0.15) is 71.6 Å². The van der Waals surface area contributed by atoms with Crippen molar-refractivity contribution in [3.8, 4) is 0 Å². The highest BCUT2D eigenvalue weighted by molar-refractivity contribution is 7.45. The Bertz CT molecular complexity index is 619. The molecule has 3 unspecified atom stereocenters. The highest BCUT2D eigenvalue weighted by atomic mass is 31.2. The highest BCUT2D eigenvalue weighted by Gasteiger charge is 2.22. The number of amides is 1. The first-order valence-electron chi connectivity index (χ1n) is 12.2. The standard InChI is InChI=1S/C24H47N2O6P/c1-6-8-10-11-12-13-14-15-16-17-23(27)22(25-24(28)18-9-7-2)21-32-33(29,30)31-20-19-26(3,4)5/h12-13,16-17,22-23,27H,6-11,14-15,18-21H2,1-5H3,(H-,25,28,29,30)/b13-12+,17-16+. The molecule has 0 aromatic heterocycles. The van der Waals surface area contributed by atoms with Gasteiger partial charge in [0.1, 0.15) is 13.2 Å². The molecule has 3 atom stereocenters. The first kappa shape index (κ1) is 32.0. The second kappa shape index (κ2) is 18.3. The minimum Gasteiger partial charge on any atom is -0.756 e. The summed E-state index contributed by atoms with van der Waals surface area (Å²) in [5.74, 6) is -0.250. The number of carbonyl (C=O) groups excluding carboxylic acids is 1. The minimum atomic E-state index is -4.54. The average Bonchev–Trinajstić information content (AvgIpc) is 2.72. The normalized spacial score (nSPS) is 16.2. The number of quaternary nitrogens is 1. The minimum absolute atomic E-state index is 0.00772. The van der Waals surface area contributed by atoms with Crippen LogP contribution in [0.3, 0.4) is 0 Å². The van der Waals surface area contributed by atoms with E-state index in [1.54, 1.807) is 6.08 Å². The number of hydrogen-bond donors (Lipinski definition) is 2. The molecule has 0 bridgehead atoms. The van der Waals surface area contributed by atoms with Crippen molar-refractivity contribution in [2.75, 3.05) is 40.9 Å². The van der Waals surface area contributed by atoms with Crippen LogP contribution in [0.15, 0.2) is 24.3 Å². The Morgan fingerprint density at radius 1 is 1.03 bits per heavy atom. The number of unbranched alkanes of at least 4 members (excludes halogenated alkanes) is 5. The summed E-state index contributed by atoms with van der Waals surface area (Å²) in [5, 5.41) is 13.2. The fourth-order valence-corrected chi connectivity index (χ4v) is 3.51. The summed E-state index contributed by atoms with van der Waals surface area (Å²) in [7, 11) is 1.23. The van der Waals surface area contributed by atoms with E-state index >= 15 is 0 Å². The van der Waals surface area contributed by atoms with Crippen LogP contribution in [0.25, 0.3) is 0 Å². The lowest BCUT2D eigenvalue weighted by atomic mass is 10.1. The van der Waals surface area contributed by atoms with Gasteiger partial charge in [0.2, 0.25) is 5.91 Å². The fraction of sp³-hybridized carbons (Fsp3) is 0.792. The predicted octanol–water partition coefficient (Wildman–Crippen LogP) is 3.70. The van der Waals surface area contributed by atoms with E-state index in [0.29, 0.717) is 23.9 Å². The van der Waals surface area contributed by atoms with E-state index in [4.69, 9.17) is 9.05 Å². The highest BCUT2D eigenvalue weighted by Crippen LogP contribution is 2.38. The number of aliphatic hydroxyl groups is 1. The van der Waals surface area contributed by atoms with E-state index < -0.39 is 26.6 Å². The van der Waals surface area contributed by atoms with Crippen LogP contribution < -0.4 is 10.2 Å². The molecule has 194 valence electrons. The summed E-state index contributed by atoms with van der Waals surface area (Å²) in [6.07, 6.45) is 14.8. The Hall–Kier alpha value is -1.02. The summed E-state index contributed by atoms with van der Waals surface area (Å²) >= 11 is 0. The molecule has 9 heteroatoms. The van der Waals surface area contributed by atoms with Gasteiger partial charge in [-0.05, 0) is 32.1 Å². The summed E-state index contributed by atoms with van der Waals surface area (Å²) in [6, 6.07) is -0.889. The number of nitrogens with zero attached hydrogens (tertiary/aromatic N) is 1. The first-order valence-corrected chi connectivity index (χ1v) is 13.7. The van der Waals surface area contributed by atoms with Gasteiger partial charge < -0.3 is 28.8 Å². The summed E-state index contributed by atoms with van der Waals surface area (Å²) < 4.78 is 22.5. The summed E-state index contributed by atoms with van der Waals surface area (Å²) in [4.78, 5) is 24.2. The quantitative estimate of drug-likeness (QED) is 0.117. The molecule has 0 saturated carbocycles. The van der Waals surface area contributed by atoms with Gasteiger partial charge >= 0.3 is 0 Å². The molecule has 0 fully saturated rings. The molecule has 8 nitrogen and oxygen atoms in total. The maximum atomic E-state index is 12.2. The van der Waals surface area contributed by atoms with Gasteiger partial charge in [-0.25, -0.2) is 0 Å². The van der Waals surface area contributed by atoms with Crippen molar-refractivity contribution in [3.05, 3.63) is 24.3 Å². The molecular formula is C24H47N2O6P. The molecule has 0 spiro atoms. The third-order valence-corrected chi connectivity index (χ3v) is 5.88. The van der Waals surface area contributed by atoms with Crippen LogP contribution in [-0.4, -0.2) is 68.5 Å². The van der Waals surface area contributed by atoms with Crippen LogP contribution in [0.2, 0.25) is 0 Å². The van der Waals surface area contributed by atoms with Gasteiger partial charge in [0.25, 0.3) is 7.82 Å². The van der Waals surface area contributed by atoms with Crippen LogP contribution in [-0.2, 0) is 18.4 Å². The zero-order chi connectivity index (χ0) is 25.2. The van der Waals surface area contributed by atoms with Gasteiger partial charge in [0.15, 0.2) is 0 Å². The van der Waals surface area contributed by atoms with E-state index in [-0.39, 0.29) is 12.5 Å². The van der Waals surface area contributed by atoms with Crippen molar-refractivity contribution < 1.29 is 32.9 Å². The second-order valence-electron chi connectivity index (χ2n) is 9.33. The number of allylic oxidation sites excluding steroid dienone is 3. The molecule has 0 radical (unpaired) electrons. The third kappa shape index (κ3) is 20.1. The van der Waals surface area contributed by atoms with E-state index in [1.807, 2.05) is 34.1 Å². The number of phosphoric acid groups is 1. The maximum absolute atomic E-state index is 12.2. The van der Waals surface area contributed by atoms with E-state index in [1.165, 1.54) is 19.3 Å². The molecule has 0 aromatic rings. The fourth-order valence-electron chi connectivity index (χ4n) is 2.79. The number of phosphoric ester groups is 1. The lowest BCUT2D eigenvalue weighted by molar-refractivity contribution is -0.870. The van der Waals surface area contributed by atoms with Crippen molar-refractivity contribution in [2.45, 2.75) is 83.8 Å². The van der Waals surface area contributed by atoms with Crippen LogP contribution >= 0.6 is 7.82 Å². The van der Waals surface area contributed by atoms with Gasteiger partial charge in [0, 0.05) is 6.42 Å². The zero-order valence-electron chi connectivity index (χ0n) is 21.3. The molecule has 2 N–H and O–H groups in total. The molecule has 0 aromatic carbocycles. The van der Waals surface area contributed by atoms with Crippen molar-refractivity contribution in [3.63, 3.8) is 0 Å². The van der Waals surface area contributed by atoms with Gasteiger partial charge in [0.05, 0.1) is 39.9 Å². The van der Waals surface area contributed by atoms with Gasteiger partial charge in [-0.1, -0.05) is 57.4 Å². The third-order valence-electron chi connectivity index (χ3n) is 4.91. The van der Waals surface area contributed by atoms with Gasteiger partial charge in [-0.15, -0.1) is 0 Å². The van der Waals surface area contributed by atoms with E-state index in [2.05, 4.69) is 24.4 Å². The first-order chi connectivity index (χ1) is 15.5. The lowest BCUT2D eigenvalue weighted by Gasteiger charge is -2.29. The molecule has 33 heavy (non-hydrogen) atoms. The molecule has 0 heterocycles. The predicted molar refractivity (Wildman–Crippen MR) is 132 cm³/mol. The number of likely N-dealkylation sites (N-methyl/N-ethyl adjacent to an activating group) is 1. The van der Waals surface area contributed by atoms with Crippen molar-refractivity contribution in [1.82, 2.24) is 5.32 Å². The van der Waals surface area contributed by atoms with Crippen molar-refractivity contribution in [2.24, 2.45) is 0 Å². The summed E-state index contributed by atoms with van der Waals surface area (Å²) in [5.41, 5.74) is 0. The Balaban J connectivity index is 4.73. The number of rotatable bonds is 20. The largest absolute Gasteiger partial charge is 0.756 e. The number of nitrogens with one attached hydrogen (secondary N) is 1. The zero-order valence-corrected chi connectivity index (χ0v) is 22.2. The Morgan fingerprint density at radius 2 is 1.67 bits per heavy atom. The molecule has 0 aliphatic rings. The monoisotopic (exact) mass is 490 g/mol. The molecule has 1 amide bonds. The lowest BCUT2D eigenvalue weighted by Crippen LogP contribution is -2.45. The molecule has 0 aliphatic heterocycles.